The van der Waals surface area contributed by atoms with E-state index in [0.29, 0.717) is 47.5 Å². The van der Waals surface area contributed by atoms with Gasteiger partial charge in [0.15, 0.2) is 5.76 Å². The van der Waals surface area contributed by atoms with Gasteiger partial charge in [-0.3, -0.25) is 14.4 Å². The SMILES string of the molecule is COC(=O)CCNC(=O)c1cc2cc(NC(=O)c3cc(N)cn3CCCNC(=O)OC(C)(C)C)ccc2o1. The molecule has 5 N–H and O–H groups in total. The molecule has 0 atom stereocenters. The molecule has 0 fully saturated rings. The lowest BCUT2D eigenvalue weighted by Crippen LogP contribution is -2.33. The molecule has 0 unspecified atom stereocenters. The molecule has 0 spiro atoms. The first-order valence-electron chi connectivity index (χ1n) is 12.1. The Bertz CT molecular complexity index is 1320. The molecule has 2 aromatic heterocycles. The number of benzene rings is 1. The molecule has 204 valence electrons. The number of alkyl carbamates (subject to hydrolysis) is 1. The zero-order chi connectivity index (χ0) is 27.9. The highest BCUT2D eigenvalue weighted by molar-refractivity contribution is 6.05. The number of esters is 1. The maximum absolute atomic E-state index is 13.0. The Balaban J connectivity index is 1.59. The maximum atomic E-state index is 13.0. The van der Waals surface area contributed by atoms with Crippen molar-refractivity contribution in [2.24, 2.45) is 0 Å². The van der Waals surface area contributed by atoms with Gasteiger partial charge < -0.3 is 40.1 Å². The fourth-order valence-electron chi connectivity index (χ4n) is 3.56. The zero-order valence-electron chi connectivity index (χ0n) is 21.9. The third-order valence-corrected chi connectivity index (χ3v) is 5.23. The third kappa shape index (κ3) is 8.02. The van der Waals surface area contributed by atoms with Gasteiger partial charge in [0.1, 0.15) is 16.9 Å². The number of nitrogens with one attached hydrogen (secondary N) is 3. The minimum atomic E-state index is -0.580. The van der Waals surface area contributed by atoms with Crippen molar-refractivity contribution in [2.45, 2.75) is 45.8 Å². The van der Waals surface area contributed by atoms with Gasteiger partial charge in [0, 0.05) is 36.9 Å². The van der Waals surface area contributed by atoms with E-state index in [4.69, 9.17) is 14.9 Å². The van der Waals surface area contributed by atoms with E-state index in [1.165, 1.54) is 7.11 Å². The van der Waals surface area contributed by atoms with Crippen LogP contribution in [0.2, 0.25) is 0 Å². The van der Waals surface area contributed by atoms with Gasteiger partial charge in [0.25, 0.3) is 11.8 Å². The molecule has 0 radical (unpaired) electrons. The number of carbonyl (C=O) groups excluding carboxylic acids is 4. The number of nitrogens with zero attached hydrogens (tertiary/aromatic N) is 1. The molecule has 38 heavy (non-hydrogen) atoms. The van der Waals surface area contributed by atoms with Crippen LogP contribution in [0.15, 0.2) is 40.9 Å². The van der Waals surface area contributed by atoms with Crippen LogP contribution in [0.3, 0.4) is 0 Å². The van der Waals surface area contributed by atoms with E-state index in [1.54, 1.807) is 61.9 Å². The number of hydrogen-bond donors (Lipinski definition) is 4. The van der Waals surface area contributed by atoms with Gasteiger partial charge in [0.2, 0.25) is 0 Å². The summed E-state index contributed by atoms with van der Waals surface area (Å²) in [4.78, 5) is 48.3. The van der Waals surface area contributed by atoms with Crippen molar-refractivity contribution in [3.63, 3.8) is 0 Å². The number of aryl methyl sites for hydroxylation is 1. The predicted molar refractivity (Wildman–Crippen MR) is 141 cm³/mol. The highest BCUT2D eigenvalue weighted by Gasteiger charge is 2.17. The number of ether oxygens (including phenoxy) is 2. The number of furan rings is 1. The second-order valence-corrected chi connectivity index (χ2v) is 9.53. The maximum Gasteiger partial charge on any atom is 0.407 e. The van der Waals surface area contributed by atoms with Gasteiger partial charge in [-0.1, -0.05) is 0 Å². The van der Waals surface area contributed by atoms with E-state index < -0.39 is 23.6 Å². The summed E-state index contributed by atoms with van der Waals surface area (Å²) in [6.45, 7) is 6.29. The van der Waals surface area contributed by atoms with Crippen LogP contribution in [0, 0.1) is 0 Å². The Morgan fingerprint density at radius 3 is 2.50 bits per heavy atom. The van der Waals surface area contributed by atoms with Crippen LogP contribution < -0.4 is 21.7 Å². The summed E-state index contributed by atoms with van der Waals surface area (Å²) >= 11 is 0. The number of aromatic nitrogens is 1. The van der Waals surface area contributed by atoms with Gasteiger partial charge in [-0.05, 0) is 57.5 Å². The molecular formula is C26H33N5O7. The Morgan fingerprint density at radius 1 is 1.03 bits per heavy atom. The summed E-state index contributed by atoms with van der Waals surface area (Å²) in [5.41, 5.74) is 7.11. The van der Waals surface area contributed by atoms with Crippen LogP contribution in [0.1, 0.15) is 54.7 Å². The largest absolute Gasteiger partial charge is 0.469 e. The lowest BCUT2D eigenvalue weighted by molar-refractivity contribution is -0.140. The Labute approximate surface area is 219 Å². The minimum absolute atomic E-state index is 0.0468. The molecule has 0 bridgehead atoms. The summed E-state index contributed by atoms with van der Waals surface area (Å²) in [5.74, 6) is -1.19. The van der Waals surface area contributed by atoms with Gasteiger partial charge in [-0.15, -0.1) is 0 Å². The molecule has 3 rings (SSSR count). The lowest BCUT2D eigenvalue weighted by atomic mass is 10.2. The van der Waals surface area contributed by atoms with Gasteiger partial charge in [0.05, 0.1) is 19.2 Å². The molecule has 12 heteroatoms. The topological polar surface area (TPSA) is 167 Å². The molecule has 12 nitrogen and oxygen atoms in total. The van der Waals surface area contributed by atoms with E-state index in [2.05, 4.69) is 20.7 Å². The second-order valence-electron chi connectivity index (χ2n) is 9.53. The second kappa shape index (κ2) is 12.2. The highest BCUT2D eigenvalue weighted by Crippen LogP contribution is 2.24. The first-order valence-corrected chi connectivity index (χ1v) is 12.1. The number of hydrogen-bond acceptors (Lipinski definition) is 8. The van der Waals surface area contributed by atoms with Crippen LogP contribution in [0.4, 0.5) is 16.2 Å². The summed E-state index contributed by atoms with van der Waals surface area (Å²) < 4.78 is 17.0. The zero-order valence-corrected chi connectivity index (χ0v) is 21.9. The quantitative estimate of drug-likeness (QED) is 0.230. The minimum Gasteiger partial charge on any atom is -0.469 e. The van der Waals surface area contributed by atoms with Crippen LogP contribution >= 0.6 is 0 Å². The van der Waals surface area contributed by atoms with Crippen molar-refractivity contribution in [3.05, 3.63) is 48.0 Å². The van der Waals surface area contributed by atoms with Crippen molar-refractivity contribution in [1.82, 2.24) is 15.2 Å². The number of fused-ring (bicyclic) bond motifs is 1. The van der Waals surface area contributed by atoms with E-state index >= 15 is 0 Å². The molecule has 1 aromatic carbocycles. The van der Waals surface area contributed by atoms with E-state index in [0.717, 1.165) is 0 Å². The number of nitrogen functional groups attached to an aromatic ring is 1. The van der Waals surface area contributed by atoms with Gasteiger partial charge >= 0.3 is 12.1 Å². The highest BCUT2D eigenvalue weighted by atomic mass is 16.6. The number of nitrogens with two attached hydrogens (primary N) is 1. The van der Waals surface area contributed by atoms with Crippen molar-refractivity contribution in [2.75, 3.05) is 31.2 Å². The fourth-order valence-corrected chi connectivity index (χ4v) is 3.56. The Morgan fingerprint density at radius 2 is 1.79 bits per heavy atom. The van der Waals surface area contributed by atoms with Gasteiger partial charge in [-0.25, -0.2) is 4.79 Å². The Hall–Kier alpha value is -4.48. The van der Waals surface area contributed by atoms with Crippen molar-refractivity contribution < 1.29 is 33.1 Å². The van der Waals surface area contributed by atoms with Crippen molar-refractivity contribution >= 4 is 46.2 Å². The van der Waals surface area contributed by atoms with E-state index in [9.17, 15) is 19.2 Å². The molecule has 0 saturated heterocycles. The fraction of sp³-hybridized carbons (Fsp3) is 0.385. The van der Waals surface area contributed by atoms with Crippen molar-refractivity contribution in [3.8, 4) is 0 Å². The average molecular weight is 528 g/mol. The molecule has 0 aliphatic rings. The number of anilines is 2. The summed E-state index contributed by atoms with van der Waals surface area (Å²) in [7, 11) is 1.28. The molecule has 3 amide bonds. The molecule has 2 heterocycles. The van der Waals surface area contributed by atoms with Crippen LogP contribution in [-0.2, 0) is 20.8 Å². The molecule has 0 aliphatic carbocycles. The predicted octanol–water partition coefficient (Wildman–Crippen LogP) is 3.28. The average Bonchev–Trinajstić information content (AvgIpc) is 3.43. The summed E-state index contributed by atoms with van der Waals surface area (Å²) in [6.07, 6.45) is 1.76. The smallest absolute Gasteiger partial charge is 0.407 e. The van der Waals surface area contributed by atoms with Crippen LogP contribution in [0.5, 0.6) is 0 Å². The monoisotopic (exact) mass is 527 g/mol. The molecular weight excluding hydrogens is 494 g/mol. The standard InChI is InChI=1S/C26H33N5O7/c1-26(2,3)38-25(35)29-9-5-11-31-15-17(27)14-19(31)23(33)30-18-6-7-20-16(12-18)13-21(37-20)24(34)28-10-8-22(32)36-4/h6-7,12-15H,5,8-11,27H2,1-4H3,(H,28,34)(H,29,35)(H,30,33). The Kier molecular flexibility index (Phi) is 9.00. The van der Waals surface area contributed by atoms with E-state index in [1.807, 2.05) is 0 Å². The molecule has 0 aliphatic heterocycles. The first kappa shape index (κ1) is 28.1. The summed E-state index contributed by atoms with van der Waals surface area (Å²) in [5, 5.41) is 8.72. The molecule has 3 aromatic rings. The van der Waals surface area contributed by atoms with Crippen molar-refractivity contribution in [1.29, 1.82) is 0 Å². The van der Waals surface area contributed by atoms with Crippen LogP contribution in [-0.4, -0.2) is 54.2 Å². The normalized spacial score (nSPS) is 11.2. The number of rotatable bonds is 10. The summed E-state index contributed by atoms with van der Waals surface area (Å²) in [6, 6.07) is 8.11. The molecule has 0 saturated carbocycles. The first-order chi connectivity index (χ1) is 17.9. The number of carbonyl (C=O) groups is 4. The third-order valence-electron chi connectivity index (χ3n) is 5.23. The van der Waals surface area contributed by atoms with Gasteiger partial charge in [-0.2, -0.15) is 0 Å². The number of amides is 3. The lowest BCUT2D eigenvalue weighted by Gasteiger charge is -2.19. The van der Waals surface area contributed by atoms with E-state index in [-0.39, 0.29) is 24.6 Å². The number of methoxy groups -OCH3 is 1. The van der Waals surface area contributed by atoms with Crippen LogP contribution in [0.25, 0.3) is 11.0 Å².